The molecule has 0 N–H and O–H groups in total. The molecule has 19 heavy (non-hydrogen) atoms. The van der Waals surface area contributed by atoms with E-state index in [4.69, 9.17) is 4.74 Å². The van der Waals surface area contributed by atoms with Gasteiger partial charge in [0.2, 0.25) is 0 Å². The molecule has 0 aliphatic carbocycles. The Morgan fingerprint density at radius 1 is 1.21 bits per heavy atom. The lowest BCUT2D eigenvalue weighted by atomic mass is 10.0. The minimum absolute atomic E-state index is 0.0972. The Hall–Kier alpha value is -0.730. The zero-order chi connectivity index (χ0) is 14.3. The maximum Gasteiger partial charge on any atom is 0.410 e. The summed E-state index contributed by atoms with van der Waals surface area (Å²) in [4.78, 5) is 14.0. The van der Waals surface area contributed by atoms with E-state index < -0.39 is 0 Å². The van der Waals surface area contributed by atoms with Crippen LogP contribution in [0.2, 0.25) is 0 Å². The first-order chi connectivity index (χ1) is 9.00. The number of amides is 1. The Labute approximate surface area is 118 Å². The van der Waals surface area contributed by atoms with E-state index in [-0.39, 0.29) is 6.09 Å². The fraction of sp³-hybridized carbons (Fsp3) is 0.938. The molecule has 0 radical (unpaired) electrons. The molecule has 3 heteroatoms. The third-order valence-electron chi connectivity index (χ3n) is 3.72. The van der Waals surface area contributed by atoms with Gasteiger partial charge in [0.25, 0.3) is 0 Å². The molecule has 1 atom stereocenters. The molecule has 1 saturated heterocycles. The monoisotopic (exact) mass is 269 g/mol. The number of hydrogen-bond donors (Lipinski definition) is 0. The van der Waals surface area contributed by atoms with E-state index in [0.717, 1.165) is 31.7 Å². The number of likely N-dealkylation sites (tertiary alicyclic amines) is 1. The largest absolute Gasteiger partial charge is 0.449 e. The van der Waals surface area contributed by atoms with Gasteiger partial charge in [-0.3, -0.25) is 0 Å². The summed E-state index contributed by atoms with van der Waals surface area (Å²) in [5.74, 6) is 1.20. The molecule has 0 aromatic rings. The van der Waals surface area contributed by atoms with Crippen LogP contribution in [0.5, 0.6) is 0 Å². The smallest absolute Gasteiger partial charge is 0.410 e. The van der Waals surface area contributed by atoms with Crippen LogP contribution in [0, 0.1) is 11.8 Å². The van der Waals surface area contributed by atoms with Crippen LogP contribution >= 0.6 is 0 Å². The molecular weight excluding hydrogens is 238 g/mol. The van der Waals surface area contributed by atoms with Gasteiger partial charge in [-0.1, -0.05) is 47.0 Å². The van der Waals surface area contributed by atoms with Crippen molar-refractivity contribution < 1.29 is 9.53 Å². The molecule has 1 rings (SSSR count). The van der Waals surface area contributed by atoms with Gasteiger partial charge in [0, 0.05) is 12.6 Å². The molecule has 0 bridgehead atoms. The van der Waals surface area contributed by atoms with Gasteiger partial charge in [-0.15, -0.1) is 0 Å². The standard InChI is InChI=1S/C16H31NO2/c1-13(2)8-5-6-9-15-10-7-11-17(15)16(18)19-12-14(3)4/h13-15H,5-12H2,1-4H3/t15-/m1/s1. The fourth-order valence-electron chi connectivity index (χ4n) is 2.63. The summed E-state index contributed by atoms with van der Waals surface area (Å²) in [6.45, 7) is 10.1. The summed E-state index contributed by atoms with van der Waals surface area (Å²) in [6.07, 6.45) is 7.14. The quantitative estimate of drug-likeness (QED) is 0.639. The number of nitrogens with zero attached hydrogens (tertiary/aromatic N) is 1. The lowest BCUT2D eigenvalue weighted by Crippen LogP contribution is -2.36. The van der Waals surface area contributed by atoms with E-state index in [0.29, 0.717) is 18.6 Å². The van der Waals surface area contributed by atoms with Crippen LogP contribution in [0.25, 0.3) is 0 Å². The highest BCUT2D eigenvalue weighted by molar-refractivity contribution is 5.68. The third kappa shape index (κ3) is 6.31. The van der Waals surface area contributed by atoms with E-state index in [2.05, 4.69) is 27.7 Å². The highest BCUT2D eigenvalue weighted by Gasteiger charge is 2.29. The molecule has 0 saturated carbocycles. The summed E-state index contributed by atoms with van der Waals surface area (Å²) in [7, 11) is 0. The van der Waals surface area contributed by atoms with Crippen molar-refractivity contribution in [1.29, 1.82) is 0 Å². The molecule has 1 amide bonds. The Morgan fingerprint density at radius 2 is 1.95 bits per heavy atom. The Bertz CT molecular complexity index is 263. The maximum atomic E-state index is 12.0. The van der Waals surface area contributed by atoms with Crippen LogP contribution in [0.1, 0.15) is 66.2 Å². The molecule has 0 spiro atoms. The molecule has 0 aromatic heterocycles. The summed E-state index contributed by atoms with van der Waals surface area (Å²) >= 11 is 0. The number of carbonyl (C=O) groups excluding carboxylic acids is 1. The third-order valence-corrected chi connectivity index (χ3v) is 3.72. The van der Waals surface area contributed by atoms with Gasteiger partial charge < -0.3 is 9.64 Å². The van der Waals surface area contributed by atoms with E-state index in [1.165, 1.54) is 19.3 Å². The lowest BCUT2D eigenvalue weighted by Gasteiger charge is -2.24. The SMILES string of the molecule is CC(C)CCCC[C@@H]1CCCN1C(=O)OCC(C)C. The summed E-state index contributed by atoms with van der Waals surface area (Å²) in [6, 6.07) is 0.423. The predicted octanol–water partition coefficient (Wildman–Crippen LogP) is 4.46. The highest BCUT2D eigenvalue weighted by Crippen LogP contribution is 2.23. The van der Waals surface area contributed by atoms with Crippen molar-refractivity contribution in [2.75, 3.05) is 13.2 Å². The second-order valence-corrected chi connectivity index (χ2v) is 6.64. The summed E-state index contributed by atoms with van der Waals surface area (Å²) in [5.41, 5.74) is 0. The molecule has 3 nitrogen and oxygen atoms in total. The first-order valence-electron chi connectivity index (χ1n) is 7.94. The molecule has 0 aromatic carbocycles. The van der Waals surface area contributed by atoms with Crippen LogP contribution in [0.15, 0.2) is 0 Å². The van der Waals surface area contributed by atoms with E-state index in [9.17, 15) is 4.79 Å². The molecule has 1 heterocycles. The van der Waals surface area contributed by atoms with Crippen LogP contribution in [0.3, 0.4) is 0 Å². The van der Waals surface area contributed by atoms with E-state index >= 15 is 0 Å². The molecule has 112 valence electrons. The predicted molar refractivity (Wildman–Crippen MR) is 79.2 cm³/mol. The maximum absolute atomic E-state index is 12.0. The average molecular weight is 269 g/mol. The minimum Gasteiger partial charge on any atom is -0.449 e. The summed E-state index contributed by atoms with van der Waals surface area (Å²) < 4.78 is 5.35. The Morgan fingerprint density at radius 3 is 2.58 bits per heavy atom. The van der Waals surface area contributed by atoms with Gasteiger partial charge in [0.15, 0.2) is 0 Å². The highest BCUT2D eigenvalue weighted by atomic mass is 16.6. The summed E-state index contributed by atoms with van der Waals surface area (Å²) in [5, 5.41) is 0. The molecule has 1 aliphatic rings. The molecule has 0 unspecified atom stereocenters. The van der Waals surface area contributed by atoms with Crippen molar-refractivity contribution in [2.45, 2.75) is 72.3 Å². The van der Waals surface area contributed by atoms with E-state index in [1.54, 1.807) is 0 Å². The van der Waals surface area contributed by atoms with Crippen LogP contribution in [-0.4, -0.2) is 30.2 Å². The molecule has 1 aliphatic heterocycles. The first-order valence-corrected chi connectivity index (χ1v) is 7.94. The van der Waals surface area contributed by atoms with Crippen molar-refractivity contribution in [3.8, 4) is 0 Å². The topological polar surface area (TPSA) is 29.5 Å². The molecular formula is C16H31NO2. The number of unbranched alkanes of at least 4 members (excludes halogenated alkanes) is 1. The van der Waals surface area contributed by atoms with Crippen molar-refractivity contribution >= 4 is 6.09 Å². The van der Waals surface area contributed by atoms with Gasteiger partial charge in [0.05, 0.1) is 6.61 Å². The van der Waals surface area contributed by atoms with E-state index in [1.807, 2.05) is 4.90 Å². The number of carbonyl (C=O) groups is 1. The number of rotatable bonds is 7. The van der Waals surface area contributed by atoms with Crippen LogP contribution < -0.4 is 0 Å². The second-order valence-electron chi connectivity index (χ2n) is 6.64. The van der Waals surface area contributed by atoms with Gasteiger partial charge in [-0.05, 0) is 31.1 Å². The normalized spacial score (nSPS) is 19.5. The molecule has 1 fully saturated rings. The lowest BCUT2D eigenvalue weighted by molar-refractivity contribution is 0.0865. The zero-order valence-electron chi connectivity index (χ0n) is 13.2. The number of hydrogen-bond acceptors (Lipinski definition) is 2. The fourth-order valence-corrected chi connectivity index (χ4v) is 2.63. The van der Waals surface area contributed by atoms with Crippen molar-refractivity contribution in [3.63, 3.8) is 0 Å². The van der Waals surface area contributed by atoms with Crippen molar-refractivity contribution in [2.24, 2.45) is 11.8 Å². The van der Waals surface area contributed by atoms with Crippen molar-refractivity contribution in [1.82, 2.24) is 4.90 Å². The minimum atomic E-state index is -0.0972. The first kappa shape index (κ1) is 16.3. The Balaban J connectivity index is 2.26. The van der Waals surface area contributed by atoms with Crippen LogP contribution in [-0.2, 0) is 4.74 Å². The Kier molecular flexibility index (Phi) is 7.25. The zero-order valence-corrected chi connectivity index (χ0v) is 13.2. The van der Waals surface area contributed by atoms with Gasteiger partial charge in [-0.2, -0.15) is 0 Å². The van der Waals surface area contributed by atoms with Gasteiger partial charge in [-0.25, -0.2) is 4.79 Å². The van der Waals surface area contributed by atoms with Crippen molar-refractivity contribution in [3.05, 3.63) is 0 Å². The van der Waals surface area contributed by atoms with Gasteiger partial charge >= 0.3 is 6.09 Å². The second kappa shape index (κ2) is 8.44. The van der Waals surface area contributed by atoms with Crippen LogP contribution in [0.4, 0.5) is 4.79 Å². The average Bonchev–Trinajstić information content (AvgIpc) is 2.79. The van der Waals surface area contributed by atoms with Gasteiger partial charge in [0.1, 0.15) is 0 Å². The number of ether oxygens (including phenoxy) is 1.